The van der Waals surface area contributed by atoms with Gasteiger partial charge < -0.3 is 20.1 Å². The zero-order valence-electron chi connectivity index (χ0n) is 15.4. The summed E-state index contributed by atoms with van der Waals surface area (Å²) in [5.41, 5.74) is 0.993. The molecule has 0 aliphatic carbocycles. The van der Waals surface area contributed by atoms with E-state index in [-0.39, 0.29) is 12.3 Å². The number of nitrogens with zero attached hydrogens (tertiary/aromatic N) is 1. The molecule has 27 heavy (non-hydrogen) atoms. The van der Waals surface area contributed by atoms with Crippen molar-refractivity contribution in [2.45, 2.75) is 18.8 Å². The molecule has 1 amide bonds. The van der Waals surface area contributed by atoms with Gasteiger partial charge >= 0.3 is 5.97 Å². The van der Waals surface area contributed by atoms with Crippen LogP contribution >= 0.6 is 0 Å². The lowest BCUT2D eigenvalue weighted by Crippen LogP contribution is -2.37. The predicted octanol–water partition coefficient (Wildman–Crippen LogP) is 2.89. The van der Waals surface area contributed by atoms with Crippen LogP contribution < -0.4 is 10.2 Å². The van der Waals surface area contributed by atoms with Crippen LogP contribution in [-0.4, -0.2) is 43.3 Å². The van der Waals surface area contributed by atoms with E-state index in [1.54, 1.807) is 31.2 Å². The fourth-order valence-electron chi connectivity index (χ4n) is 3.24. The van der Waals surface area contributed by atoms with E-state index in [0.29, 0.717) is 24.5 Å². The Bertz CT molecular complexity index is 803. The van der Waals surface area contributed by atoms with Crippen molar-refractivity contribution >= 4 is 23.3 Å². The van der Waals surface area contributed by atoms with Crippen molar-refractivity contribution in [3.8, 4) is 0 Å². The quantitative estimate of drug-likeness (QED) is 0.820. The average Bonchev–Trinajstić information content (AvgIpc) is 2.69. The molecule has 1 aliphatic rings. The largest absolute Gasteiger partial charge is 0.481 e. The normalized spacial score (nSPS) is 16.4. The number of rotatable bonds is 6. The predicted molar refractivity (Wildman–Crippen MR) is 104 cm³/mol. The Morgan fingerprint density at radius 1 is 1.11 bits per heavy atom. The molecule has 0 aromatic heterocycles. The summed E-state index contributed by atoms with van der Waals surface area (Å²) in [6.45, 7) is 4.56. The first-order valence-electron chi connectivity index (χ1n) is 9.00. The third kappa shape index (κ3) is 4.46. The number of morpholine rings is 1. The molecule has 0 spiro atoms. The van der Waals surface area contributed by atoms with Gasteiger partial charge in [-0.15, -0.1) is 0 Å². The first kappa shape index (κ1) is 18.9. The van der Waals surface area contributed by atoms with Gasteiger partial charge in [-0.3, -0.25) is 9.59 Å². The Morgan fingerprint density at radius 3 is 2.48 bits per heavy atom. The maximum atomic E-state index is 12.6. The zero-order chi connectivity index (χ0) is 19.3. The second-order valence-corrected chi connectivity index (χ2v) is 6.88. The molecule has 3 rings (SSSR count). The van der Waals surface area contributed by atoms with Crippen LogP contribution in [0.15, 0.2) is 54.6 Å². The van der Waals surface area contributed by atoms with Crippen molar-refractivity contribution in [1.82, 2.24) is 0 Å². The van der Waals surface area contributed by atoms with Crippen LogP contribution in [0.5, 0.6) is 0 Å². The first-order valence-corrected chi connectivity index (χ1v) is 9.00. The number of hydrogen-bond donors (Lipinski definition) is 2. The molecule has 6 heteroatoms. The molecule has 2 N–H and O–H groups in total. The zero-order valence-corrected chi connectivity index (χ0v) is 15.4. The number of amides is 1. The number of carboxylic acids is 1. The van der Waals surface area contributed by atoms with E-state index in [1.165, 1.54) is 0 Å². The molecule has 2 aromatic rings. The minimum absolute atomic E-state index is 0.145. The lowest BCUT2D eigenvalue weighted by molar-refractivity contribution is -0.145. The third-order valence-electron chi connectivity index (χ3n) is 4.90. The molecule has 0 radical (unpaired) electrons. The second-order valence-electron chi connectivity index (χ2n) is 6.88. The Labute approximate surface area is 158 Å². The van der Waals surface area contributed by atoms with Crippen molar-refractivity contribution in [2.75, 3.05) is 36.5 Å². The van der Waals surface area contributed by atoms with E-state index in [9.17, 15) is 14.7 Å². The molecule has 2 aromatic carbocycles. The fraction of sp³-hybridized carbons (Fsp3) is 0.333. The van der Waals surface area contributed by atoms with Gasteiger partial charge in [-0.25, -0.2) is 0 Å². The summed E-state index contributed by atoms with van der Waals surface area (Å²) in [6, 6.07) is 16.4. The number of hydrogen-bond acceptors (Lipinski definition) is 4. The smallest absolute Gasteiger partial charge is 0.314 e. The van der Waals surface area contributed by atoms with E-state index in [4.69, 9.17) is 4.74 Å². The van der Waals surface area contributed by atoms with Crippen LogP contribution in [0.25, 0.3) is 0 Å². The number of anilines is 2. The number of benzene rings is 2. The van der Waals surface area contributed by atoms with Gasteiger partial charge in [0.05, 0.1) is 18.6 Å². The van der Waals surface area contributed by atoms with Crippen molar-refractivity contribution in [1.29, 1.82) is 0 Å². The van der Waals surface area contributed by atoms with Gasteiger partial charge in [0.2, 0.25) is 5.91 Å². The van der Waals surface area contributed by atoms with Crippen molar-refractivity contribution < 1.29 is 19.4 Å². The monoisotopic (exact) mass is 368 g/mol. The van der Waals surface area contributed by atoms with E-state index in [1.807, 2.05) is 30.3 Å². The van der Waals surface area contributed by atoms with E-state index >= 15 is 0 Å². The number of nitrogens with one attached hydrogen (secondary N) is 1. The van der Waals surface area contributed by atoms with E-state index in [0.717, 1.165) is 18.8 Å². The number of carbonyl (C=O) groups is 2. The molecule has 1 atom stereocenters. The van der Waals surface area contributed by atoms with Crippen molar-refractivity contribution in [3.63, 3.8) is 0 Å². The summed E-state index contributed by atoms with van der Waals surface area (Å²) in [7, 11) is 0. The highest BCUT2D eigenvalue weighted by Gasteiger charge is 2.37. The summed E-state index contributed by atoms with van der Waals surface area (Å²) < 4.78 is 5.37. The molecule has 1 heterocycles. The molecule has 142 valence electrons. The van der Waals surface area contributed by atoms with Gasteiger partial charge in [-0.2, -0.15) is 0 Å². The van der Waals surface area contributed by atoms with E-state index in [2.05, 4.69) is 10.2 Å². The molecular formula is C21H24N2O4. The summed E-state index contributed by atoms with van der Waals surface area (Å²) in [5, 5.41) is 12.6. The van der Waals surface area contributed by atoms with Crippen LogP contribution in [0.4, 0.5) is 11.4 Å². The topological polar surface area (TPSA) is 78.9 Å². The number of ether oxygens (including phenoxy) is 1. The molecule has 1 aliphatic heterocycles. The Morgan fingerprint density at radius 2 is 1.81 bits per heavy atom. The van der Waals surface area contributed by atoms with Crippen LogP contribution in [0.2, 0.25) is 0 Å². The van der Waals surface area contributed by atoms with Gasteiger partial charge in [0.25, 0.3) is 0 Å². The van der Waals surface area contributed by atoms with Gasteiger partial charge in [-0.1, -0.05) is 36.4 Å². The standard InChI is InChI=1S/C21H24N2O4/c1-21(20(25)26,16-6-3-2-4-7-16)15-19(24)22-17-8-5-9-18(14-17)23-10-12-27-13-11-23/h2-9,14H,10-13,15H2,1H3,(H,22,24)(H,25,26). The van der Waals surface area contributed by atoms with Crippen LogP contribution in [0.3, 0.4) is 0 Å². The Kier molecular flexibility index (Phi) is 5.76. The summed E-state index contributed by atoms with van der Waals surface area (Å²) in [4.78, 5) is 26.7. The number of carbonyl (C=O) groups excluding carboxylic acids is 1. The Hall–Kier alpha value is -2.86. The molecule has 1 saturated heterocycles. The highest BCUT2D eigenvalue weighted by molar-refractivity contribution is 5.96. The molecule has 1 unspecified atom stereocenters. The van der Waals surface area contributed by atoms with Gasteiger partial charge in [0.1, 0.15) is 0 Å². The number of aliphatic carboxylic acids is 1. The summed E-state index contributed by atoms with van der Waals surface area (Å²) in [5.74, 6) is -1.35. The third-order valence-corrected chi connectivity index (χ3v) is 4.90. The average molecular weight is 368 g/mol. The van der Waals surface area contributed by atoms with Gasteiger partial charge in [0, 0.05) is 30.9 Å². The maximum Gasteiger partial charge on any atom is 0.314 e. The minimum Gasteiger partial charge on any atom is -0.481 e. The molecule has 1 fully saturated rings. The van der Waals surface area contributed by atoms with Crippen molar-refractivity contribution in [2.24, 2.45) is 0 Å². The lowest BCUT2D eigenvalue weighted by atomic mass is 9.79. The highest BCUT2D eigenvalue weighted by atomic mass is 16.5. The van der Waals surface area contributed by atoms with Crippen LogP contribution in [-0.2, 0) is 19.7 Å². The van der Waals surface area contributed by atoms with Gasteiger partial charge in [-0.05, 0) is 30.7 Å². The lowest BCUT2D eigenvalue weighted by Gasteiger charge is -2.29. The molecule has 6 nitrogen and oxygen atoms in total. The van der Waals surface area contributed by atoms with Gasteiger partial charge in [0.15, 0.2) is 0 Å². The summed E-state index contributed by atoms with van der Waals surface area (Å²) >= 11 is 0. The highest BCUT2D eigenvalue weighted by Crippen LogP contribution is 2.29. The Balaban J connectivity index is 1.72. The van der Waals surface area contributed by atoms with Crippen LogP contribution in [0.1, 0.15) is 18.9 Å². The molecule has 0 saturated carbocycles. The minimum atomic E-state index is -1.28. The summed E-state index contributed by atoms with van der Waals surface area (Å²) in [6.07, 6.45) is -0.145. The second kappa shape index (κ2) is 8.22. The van der Waals surface area contributed by atoms with Crippen LogP contribution in [0, 0.1) is 0 Å². The number of carboxylic acid groups (broad SMARTS) is 1. The van der Waals surface area contributed by atoms with E-state index < -0.39 is 11.4 Å². The molecular weight excluding hydrogens is 344 g/mol. The SMILES string of the molecule is CC(CC(=O)Nc1cccc(N2CCOCC2)c1)(C(=O)O)c1ccccc1. The fourth-order valence-corrected chi connectivity index (χ4v) is 3.24. The first-order chi connectivity index (χ1) is 13.0. The van der Waals surface area contributed by atoms with Crippen molar-refractivity contribution in [3.05, 3.63) is 60.2 Å². The molecule has 0 bridgehead atoms. The maximum absolute atomic E-state index is 12.6.